The summed E-state index contributed by atoms with van der Waals surface area (Å²) in [5.74, 6) is 0.570. The second-order valence-corrected chi connectivity index (χ2v) is 17.7. The van der Waals surface area contributed by atoms with Gasteiger partial charge in [-0.15, -0.1) is 0 Å². The predicted octanol–water partition coefficient (Wildman–Crippen LogP) is 3.00. The van der Waals surface area contributed by atoms with E-state index in [0.717, 1.165) is 48.2 Å². The van der Waals surface area contributed by atoms with E-state index < -0.39 is 0 Å². The molecule has 15 heteroatoms. The van der Waals surface area contributed by atoms with E-state index >= 15 is 0 Å². The van der Waals surface area contributed by atoms with Gasteiger partial charge in [-0.3, -0.25) is 14.6 Å². The Labute approximate surface area is 361 Å². The van der Waals surface area contributed by atoms with E-state index in [1.807, 2.05) is 41.1 Å². The molecule has 0 aromatic heterocycles. The molecule has 0 fully saturated rings. The molecule has 328 valence electrons. The number of ether oxygens (including phenoxy) is 4. The zero-order valence-corrected chi connectivity index (χ0v) is 38.0. The summed E-state index contributed by atoms with van der Waals surface area (Å²) in [6, 6.07) is 16.3. The number of carbonyl (C=O) groups excluding carboxylic acids is 4. The number of unbranched alkanes of at least 4 members (excludes halogenated alkanes) is 2. The average molecular weight is 934 g/mol. The molecule has 2 aliphatic rings. The number of amides is 3. The zero-order chi connectivity index (χ0) is 42.4. The first-order valence-corrected chi connectivity index (χ1v) is 24.3. The summed E-state index contributed by atoms with van der Waals surface area (Å²) in [4.78, 5) is 57.4. The van der Waals surface area contributed by atoms with Crippen LogP contribution in [0.3, 0.4) is 0 Å². The first kappa shape index (κ1) is 48.2. The van der Waals surface area contributed by atoms with Crippen molar-refractivity contribution < 1.29 is 59.3 Å². The molecule has 0 bridgehead atoms. The van der Waals surface area contributed by atoms with Crippen LogP contribution in [0.15, 0.2) is 58.9 Å². The first-order chi connectivity index (χ1) is 28.6. The molecule has 2 unspecified atom stereocenters. The monoisotopic (exact) mass is 933 g/mol. The Morgan fingerprint density at radius 2 is 1.32 bits per heavy atom. The molecule has 2 aromatic carbocycles. The molecule has 3 amide bonds. The number of rotatable bonds is 28. The molecule has 2 aliphatic heterocycles. The van der Waals surface area contributed by atoms with Gasteiger partial charge in [-0.25, -0.2) is 0 Å². The Kier molecular flexibility index (Phi) is 21.8. The first-order valence-electron chi connectivity index (χ1n) is 21.1. The molecular formula is C44H66IN6O8-. The van der Waals surface area contributed by atoms with Crippen molar-refractivity contribution in [2.24, 2.45) is 16.3 Å². The molecule has 2 heterocycles. The van der Waals surface area contributed by atoms with Gasteiger partial charge in [-0.2, -0.15) is 5.11 Å². The summed E-state index contributed by atoms with van der Waals surface area (Å²) >= 11 is -0.379. The maximum absolute atomic E-state index is 13.9. The third kappa shape index (κ3) is 16.1. The van der Waals surface area contributed by atoms with Crippen LogP contribution < -0.4 is 26.1 Å². The van der Waals surface area contributed by atoms with Crippen LogP contribution in [0, 0.1) is 5.92 Å². The topological polar surface area (TPSA) is 143 Å². The van der Waals surface area contributed by atoms with Crippen molar-refractivity contribution >= 4 is 27.2 Å². The van der Waals surface area contributed by atoms with Gasteiger partial charge in [0.25, 0.3) is 0 Å². The van der Waals surface area contributed by atoms with Crippen molar-refractivity contribution in [1.82, 2.24) is 14.8 Å². The van der Waals surface area contributed by atoms with Crippen LogP contribution in [0.1, 0.15) is 94.0 Å². The molecule has 0 spiro atoms. The fourth-order valence-corrected chi connectivity index (χ4v) is 8.00. The number of nitrogens with zero attached hydrogens (tertiary/aromatic N) is 6. The minimum Gasteiger partial charge on any atom is -0.379 e. The predicted molar refractivity (Wildman–Crippen MR) is 222 cm³/mol. The van der Waals surface area contributed by atoms with Crippen molar-refractivity contribution in [3.8, 4) is 0 Å². The van der Waals surface area contributed by atoms with Gasteiger partial charge in [-0.1, -0.05) is 68.0 Å². The number of hydrogen-bond acceptors (Lipinski definition) is 11. The molecular weight excluding hydrogens is 867 g/mol. The van der Waals surface area contributed by atoms with Crippen molar-refractivity contribution in [3.63, 3.8) is 0 Å². The maximum atomic E-state index is 13.9. The van der Waals surface area contributed by atoms with Gasteiger partial charge in [0, 0.05) is 37.8 Å². The number of carbonyl (C=O) groups is 4. The van der Waals surface area contributed by atoms with Gasteiger partial charge in [0.2, 0.25) is 11.8 Å². The Bertz CT molecular complexity index is 1650. The standard InChI is InChI=1S/C44H66IN6O8/c1-34(2)32-51-44-37-16-10-11-17-38(37)50(33-35-14-8-9-15-36(35)43(44)46-47-51)42(55)19-7-6-12-22-48(4)41(54)21-24-56-26-28-58-30-31-59-29-27-57-25-23-49(5)40(53)20-13-18-39(52)45-3/h8-11,14-17,34,43-44H,6-7,12-13,18-33H2,1-5H3/q-1. The van der Waals surface area contributed by atoms with Crippen molar-refractivity contribution in [3.05, 3.63) is 65.2 Å². The summed E-state index contributed by atoms with van der Waals surface area (Å²) in [6.07, 6.45) is 4.65. The fraction of sp³-hybridized carbons (Fsp3) is 0.636. The second-order valence-electron chi connectivity index (χ2n) is 15.4. The van der Waals surface area contributed by atoms with E-state index in [4.69, 9.17) is 24.1 Å². The summed E-state index contributed by atoms with van der Waals surface area (Å²) in [6.45, 7) is 10.1. The van der Waals surface area contributed by atoms with Gasteiger partial charge in [0.15, 0.2) is 0 Å². The van der Waals surface area contributed by atoms with E-state index in [-0.39, 0.29) is 51.0 Å². The molecule has 0 aliphatic carbocycles. The minimum atomic E-state index is -0.379. The van der Waals surface area contributed by atoms with Gasteiger partial charge in [0.1, 0.15) is 12.1 Å². The Hall–Kier alpha value is -3.51. The van der Waals surface area contributed by atoms with Crippen LogP contribution in [0.2, 0.25) is 0 Å². The van der Waals surface area contributed by atoms with Crippen molar-refractivity contribution in [2.75, 3.05) is 96.4 Å². The van der Waals surface area contributed by atoms with Gasteiger partial charge in [-0.05, 0) is 36.0 Å². The number of alkyl halides is 1. The van der Waals surface area contributed by atoms with Gasteiger partial charge in [0.05, 0.1) is 46.0 Å². The van der Waals surface area contributed by atoms with E-state index in [1.165, 1.54) is 0 Å². The number of benzene rings is 2. The number of likely N-dealkylation sites (N-methyl/N-ethyl adjacent to an activating group) is 1. The van der Waals surface area contributed by atoms with Crippen LogP contribution in [-0.4, -0.2) is 128 Å². The molecule has 2 atom stereocenters. The van der Waals surface area contributed by atoms with Crippen molar-refractivity contribution in [1.29, 1.82) is 0 Å². The van der Waals surface area contributed by atoms with E-state index in [1.54, 1.807) is 16.8 Å². The van der Waals surface area contributed by atoms with E-state index in [2.05, 4.69) is 48.3 Å². The fourth-order valence-electron chi connectivity index (χ4n) is 7.08. The van der Waals surface area contributed by atoms with E-state index in [9.17, 15) is 19.2 Å². The van der Waals surface area contributed by atoms with Crippen LogP contribution >= 0.6 is 0 Å². The molecule has 4 rings (SSSR count). The number of anilines is 1. The number of para-hydroxylation sites is 1. The Balaban J connectivity index is 1.03. The molecule has 0 N–H and O–H groups in total. The minimum absolute atomic E-state index is 0.0306. The van der Waals surface area contributed by atoms with Crippen LogP contribution in [0.4, 0.5) is 5.69 Å². The quantitative estimate of drug-likeness (QED) is 0.0545. The third-order valence-electron chi connectivity index (χ3n) is 10.4. The van der Waals surface area contributed by atoms with E-state index in [0.29, 0.717) is 114 Å². The number of hydrogen-bond donors (Lipinski definition) is 0. The van der Waals surface area contributed by atoms with Gasteiger partial charge < -0.3 is 19.3 Å². The molecule has 2 aromatic rings. The van der Waals surface area contributed by atoms with Crippen molar-refractivity contribution in [2.45, 2.75) is 83.8 Å². The summed E-state index contributed by atoms with van der Waals surface area (Å²) in [5.41, 5.74) is 4.22. The molecule has 0 saturated carbocycles. The number of halogens is 1. The van der Waals surface area contributed by atoms with Crippen LogP contribution in [0.25, 0.3) is 0 Å². The summed E-state index contributed by atoms with van der Waals surface area (Å²) in [5, 5.41) is 11.5. The second kappa shape index (κ2) is 26.6. The zero-order valence-electron chi connectivity index (χ0n) is 35.8. The van der Waals surface area contributed by atoms with Gasteiger partial charge >= 0.3 is 112 Å². The normalized spacial score (nSPS) is 15.8. The molecule has 14 nitrogen and oxygen atoms in total. The summed E-state index contributed by atoms with van der Waals surface area (Å²) < 4.78 is 22.5. The number of fused-ring (bicyclic) bond motifs is 5. The smallest absolute Gasteiger partial charge is 0.379 e. The SMILES string of the molecule is C[I-]C(=O)CCCC(=O)N(C)CCOCCOCCOCCOCCC(=O)N(C)CCCCCC(=O)N1Cc2ccccc2C2N=NN(CC(C)C)C2c2ccccc21. The molecule has 59 heavy (non-hydrogen) atoms. The Morgan fingerprint density at radius 1 is 0.712 bits per heavy atom. The average Bonchev–Trinajstić information content (AvgIpc) is 3.63. The Morgan fingerprint density at radius 3 is 2.02 bits per heavy atom. The van der Waals surface area contributed by atoms with Crippen LogP contribution in [0.5, 0.6) is 0 Å². The summed E-state index contributed by atoms with van der Waals surface area (Å²) in [7, 11) is 3.56. The molecule has 0 saturated heterocycles. The van der Waals surface area contributed by atoms with Crippen LogP contribution in [-0.2, 0) is 44.7 Å². The molecule has 0 radical (unpaired) electrons. The third-order valence-corrected chi connectivity index (χ3v) is 12.1.